The van der Waals surface area contributed by atoms with Gasteiger partial charge in [0, 0.05) is 22.3 Å². The van der Waals surface area contributed by atoms with Crippen LogP contribution in [0, 0.1) is 0 Å². The molecule has 0 amide bonds. The number of nitrogens with zero attached hydrogens (tertiary/aromatic N) is 3. The van der Waals surface area contributed by atoms with E-state index >= 15 is 0 Å². The van der Waals surface area contributed by atoms with Gasteiger partial charge >= 0.3 is 0 Å². The number of aromatic nitrogens is 3. The molecular weight excluding hydrogens is 458 g/mol. The summed E-state index contributed by atoms with van der Waals surface area (Å²) in [6.45, 7) is 0.820. The SMILES string of the molecule is COc1ccc(-c2nnc(SCc3ccc(Br)cc3)n2CCc2ccccc2)cc1. The third-order valence-electron chi connectivity index (χ3n) is 4.81. The van der Waals surface area contributed by atoms with Crippen LogP contribution in [0.3, 0.4) is 0 Å². The van der Waals surface area contributed by atoms with E-state index in [1.807, 2.05) is 30.3 Å². The highest BCUT2D eigenvalue weighted by Crippen LogP contribution is 2.28. The summed E-state index contributed by atoms with van der Waals surface area (Å²) in [6, 6.07) is 26.9. The molecule has 0 aliphatic carbocycles. The van der Waals surface area contributed by atoms with Gasteiger partial charge in [0.1, 0.15) is 5.75 Å². The summed E-state index contributed by atoms with van der Waals surface area (Å²) in [4.78, 5) is 0. The lowest BCUT2D eigenvalue weighted by Gasteiger charge is -2.11. The monoisotopic (exact) mass is 479 g/mol. The van der Waals surface area contributed by atoms with Crippen LogP contribution in [-0.2, 0) is 18.7 Å². The van der Waals surface area contributed by atoms with Crippen molar-refractivity contribution >= 4 is 27.7 Å². The van der Waals surface area contributed by atoms with Gasteiger partial charge in [0.25, 0.3) is 0 Å². The third kappa shape index (κ3) is 5.12. The van der Waals surface area contributed by atoms with E-state index in [9.17, 15) is 0 Å². The van der Waals surface area contributed by atoms with E-state index in [0.29, 0.717) is 0 Å². The van der Waals surface area contributed by atoms with Crippen LogP contribution in [0.15, 0.2) is 88.5 Å². The fourth-order valence-corrected chi connectivity index (χ4v) is 4.35. The molecule has 0 aliphatic heterocycles. The van der Waals surface area contributed by atoms with Crippen LogP contribution in [0.25, 0.3) is 11.4 Å². The molecule has 0 N–H and O–H groups in total. The number of thioether (sulfide) groups is 1. The van der Waals surface area contributed by atoms with Gasteiger partial charge in [-0.15, -0.1) is 10.2 Å². The van der Waals surface area contributed by atoms with Gasteiger partial charge in [-0.05, 0) is 53.9 Å². The van der Waals surface area contributed by atoms with Gasteiger partial charge in [-0.25, -0.2) is 0 Å². The maximum absolute atomic E-state index is 5.29. The lowest BCUT2D eigenvalue weighted by molar-refractivity contribution is 0.415. The van der Waals surface area contributed by atoms with E-state index in [0.717, 1.165) is 45.5 Å². The van der Waals surface area contributed by atoms with E-state index in [-0.39, 0.29) is 0 Å². The fraction of sp³-hybridized carbons (Fsp3) is 0.167. The Morgan fingerprint density at radius 2 is 1.60 bits per heavy atom. The molecule has 0 atom stereocenters. The number of halogens is 1. The first-order chi connectivity index (χ1) is 14.7. The molecule has 6 heteroatoms. The van der Waals surface area contributed by atoms with Crippen LogP contribution in [0.1, 0.15) is 11.1 Å². The van der Waals surface area contributed by atoms with Crippen LogP contribution >= 0.6 is 27.7 Å². The lowest BCUT2D eigenvalue weighted by Crippen LogP contribution is -2.05. The van der Waals surface area contributed by atoms with Crippen molar-refractivity contribution in [1.29, 1.82) is 0 Å². The summed E-state index contributed by atoms with van der Waals surface area (Å²) in [5.74, 6) is 2.56. The number of methoxy groups -OCH3 is 1. The van der Waals surface area contributed by atoms with Crippen LogP contribution in [0.5, 0.6) is 5.75 Å². The van der Waals surface area contributed by atoms with Gasteiger partial charge in [0.15, 0.2) is 11.0 Å². The van der Waals surface area contributed by atoms with Crippen LogP contribution in [0.4, 0.5) is 0 Å². The molecule has 0 bridgehead atoms. The quantitative estimate of drug-likeness (QED) is 0.280. The first kappa shape index (κ1) is 20.7. The zero-order valence-corrected chi connectivity index (χ0v) is 19.1. The maximum atomic E-state index is 5.29. The van der Waals surface area contributed by atoms with Gasteiger partial charge < -0.3 is 9.30 Å². The first-order valence-electron chi connectivity index (χ1n) is 9.72. The maximum Gasteiger partial charge on any atom is 0.191 e. The van der Waals surface area contributed by atoms with Gasteiger partial charge in [-0.1, -0.05) is 70.2 Å². The standard InChI is InChI=1S/C24H22BrN3OS/c1-29-22-13-9-20(10-14-22)23-26-27-24(30-17-19-7-11-21(25)12-8-19)28(23)16-15-18-5-3-2-4-6-18/h2-14H,15-17H2,1H3. The average molecular weight is 480 g/mol. The summed E-state index contributed by atoms with van der Waals surface area (Å²) in [5, 5.41) is 9.97. The average Bonchev–Trinajstić information content (AvgIpc) is 3.21. The molecule has 4 rings (SSSR count). The molecule has 0 radical (unpaired) electrons. The number of ether oxygens (including phenoxy) is 1. The molecule has 1 aromatic heterocycles. The molecular formula is C24H22BrN3OS. The Morgan fingerprint density at radius 3 is 2.30 bits per heavy atom. The predicted molar refractivity (Wildman–Crippen MR) is 126 cm³/mol. The van der Waals surface area contributed by atoms with Gasteiger partial charge in [-0.2, -0.15) is 0 Å². The summed E-state index contributed by atoms with van der Waals surface area (Å²) >= 11 is 5.21. The summed E-state index contributed by atoms with van der Waals surface area (Å²) in [5.41, 5.74) is 3.59. The van der Waals surface area contributed by atoms with Crippen molar-refractivity contribution in [2.75, 3.05) is 7.11 Å². The summed E-state index contributed by atoms with van der Waals surface area (Å²) in [6.07, 6.45) is 0.924. The number of hydrogen-bond acceptors (Lipinski definition) is 4. The highest BCUT2D eigenvalue weighted by molar-refractivity contribution is 9.10. The van der Waals surface area contributed by atoms with E-state index in [1.165, 1.54) is 11.1 Å². The molecule has 152 valence electrons. The second-order valence-electron chi connectivity index (χ2n) is 6.84. The number of hydrogen-bond donors (Lipinski definition) is 0. The minimum Gasteiger partial charge on any atom is -0.497 e. The van der Waals surface area contributed by atoms with Crippen molar-refractivity contribution in [3.05, 3.63) is 94.5 Å². The summed E-state index contributed by atoms with van der Waals surface area (Å²) < 4.78 is 8.60. The summed E-state index contributed by atoms with van der Waals surface area (Å²) in [7, 11) is 1.67. The number of benzene rings is 3. The molecule has 0 unspecified atom stereocenters. The van der Waals surface area contributed by atoms with E-state index < -0.39 is 0 Å². The molecule has 0 spiro atoms. The second kappa shape index (κ2) is 9.96. The van der Waals surface area contributed by atoms with Gasteiger partial charge in [0.2, 0.25) is 0 Å². The molecule has 0 aliphatic rings. The molecule has 0 fully saturated rings. The zero-order chi connectivity index (χ0) is 20.8. The molecule has 4 aromatic rings. The molecule has 4 nitrogen and oxygen atoms in total. The largest absolute Gasteiger partial charge is 0.497 e. The van der Waals surface area contributed by atoms with Crippen molar-refractivity contribution < 1.29 is 4.74 Å². The van der Waals surface area contributed by atoms with E-state index in [2.05, 4.69) is 79.2 Å². The minimum atomic E-state index is 0.820. The van der Waals surface area contributed by atoms with Crippen LogP contribution in [-0.4, -0.2) is 21.9 Å². The van der Waals surface area contributed by atoms with E-state index in [4.69, 9.17) is 4.74 Å². The Kier molecular flexibility index (Phi) is 6.87. The predicted octanol–water partition coefficient (Wildman–Crippen LogP) is 6.25. The van der Waals surface area contributed by atoms with Crippen molar-refractivity contribution in [3.8, 4) is 17.1 Å². The highest BCUT2D eigenvalue weighted by Gasteiger charge is 2.15. The van der Waals surface area contributed by atoms with Crippen molar-refractivity contribution in [2.24, 2.45) is 0 Å². The molecule has 1 heterocycles. The molecule has 0 saturated heterocycles. The third-order valence-corrected chi connectivity index (χ3v) is 6.38. The topological polar surface area (TPSA) is 39.9 Å². The minimum absolute atomic E-state index is 0.820. The van der Waals surface area contributed by atoms with Crippen molar-refractivity contribution in [2.45, 2.75) is 23.9 Å². The number of rotatable bonds is 8. The van der Waals surface area contributed by atoms with Crippen LogP contribution < -0.4 is 4.74 Å². The number of aryl methyl sites for hydroxylation is 1. The normalized spacial score (nSPS) is 10.9. The first-order valence-corrected chi connectivity index (χ1v) is 11.5. The second-order valence-corrected chi connectivity index (χ2v) is 8.70. The lowest BCUT2D eigenvalue weighted by atomic mass is 10.1. The van der Waals surface area contributed by atoms with E-state index in [1.54, 1.807) is 18.9 Å². The Bertz CT molecular complexity index is 1080. The zero-order valence-electron chi connectivity index (χ0n) is 16.7. The fourth-order valence-electron chi connectivity index (χ4n) is 3.16. The van der Waals surface area contributed by atoms with Gasteiger partial charge in [-0.3, -0.25) is 0 Å². The Balaban J connectivity index is 1.59. The van der Waals surface area contributed by atoms with Gasteiger partial charge in [0.05, 0.1) is 7.11 Å². The highest BCUT2D eigenvalue weighted by atomic mass is 79.9. The smallest absolute Gasteiger partial charge is 0.191 e. The Hall–Kier alpha value is -2.57. The molecule has 30 heavy (non-hydrogen) atoms. The Labute approximate surface area is 189 Å². The van der Waals surface area contributed by atoms with Crippen LogP contribution in [0.2, 0.25) is 0 Å². The molecule has 0 saturated carbocycles. The van der Waals surface area contributed by atoms with Crippen molar-refractivity contribution in [1.82, 2.24) is 14.8 Å². The Morgan fingerprint density at radius 1 is 0.867 bits per heavy atom. The molecule has 3 aromatic carbocycles. The van der Waals surface area contributed by atoms with Crippen molar-refractivity contribution in [3.63, 3.8) is 0 Å².